The minimum absolute atomic E-state index is 0.00437. The molecule has 0 aliphatic carbocycles. The zero-order valence-electron chi connectivity index (χ0n) is 12.6. The molecule has 0 bridgehead atoms. The highest BCUT2D eigenvalue weighted by Crippen LogP contribution is 2.42. The summed E-state index contributed by atoms with van der Waals surface area (Å²) in [5.41, 5.74) is -3.16. The van der Waals surface area contributed by atoms with E-state index in [2.05, 4.69) is 21.0 Å². The topological polar surface area (TPSA) is 52.9 Å². The van der Waals surface area contributed by atoms with Crippen molar-refractivity contribution in [1.29, 1.82) is 0 Å². The number of alkyl halides is 3. The van der Waals surface area contributed by atoms with Gasteiger partial charge >= 0.3 is 6.18 Å². The molecular weight excluding hydrogens is 377 g/mol. The maximum absolute atomic E-state index is 13.4. The van der Waals surface area contributed by atoms with Crippen molar-refractivity contribution in [2.75, 3.05) is 0 Å². The van der Waals surface area contributed by atoms with Crippen LogP contribution in [0, 0.1) is 5.92 Å². The minimum Gasteiger partial charge on any atom is -0.362 e. The van der Waals surface area contributed by atoms with Crippen LogP contribution in [-0.4, -0.2) is 33.6 Å². The molecule has 1 N–H and O–H groups in total. The van der Waals surface area contributed by atoms with Crippen LogP contribution in [0.5, 0.6) is 0 Å². The molecule has 126 valence electrons. The normalized spacial score (nSPS) is 21.7. The van der Waals surface area contributed by atoms with Crippen LogP contribution < -0.4 is 0 Å². The van der Waals surface area contributed by atoms with Gasteiger partial charge in [-0.25, -0.2) is 0 Å². The fourth-order valence-corrected chi connectivity index (χ4v) is 2.84. The number of rotatable bonds is 3. The summed E-state index contributed by atoms with van der Waals surface area (Å²) in [5.74, 6) is -0.944. The van der Waals surface area contributed by atoms with Crippen LogP contribution >= 0.6 is 15.9 Å². The molecule has 1 aromatic carbocycles. The van der Waals surface area contributed by atoms with Crippen molar-refractivity contribution in [2.45, 2.75) is 38.6 Å². The van der Waals surface area contributed by atoms with E-state index < -0.39 is 24.2 Å². The molecule has 1 amide bonds. The van der Waals surface area contributed by atoms with E-state index in [1.165, 1.54) is 18.2 Å². The lowest BCUT2D eigenvalue weighted by molar-refractivity contribution is -0.297. The SMILES string of the molecule is CC(C)CC1=NN(C(=O)c2ccccc2Br)C(O)(C(F)(F)F)C1. The fraction of sp³-hybridized carbons (Fsp3) is 0.467. The molecule has 0 aromatic heterocycles. The molecule has 1 atom stereocenters. The van der Waals surface area contributed by atoms with Crippen LogP contribution in [0.1, 0.15) is 37.0 Å². The van der Waals surface area contributed by atoms with Crippen molar-refractivity contribution in [3.05, 3.63) is 34.3 Å². The fourth-order valence-electron chi connectivity index (χ4n) is 2.39. The monoisotopic (exact) mass is 392 g/mol. The second-order valence-electron chi connectivity index (χ2n) is 5.85. The van der Waals surface area contributed by atoms with Gasteiger partial charge < -0.3 is 5.11 Å². The molecule has 0 radical (unpaired) electrons. The highest BCUT2D eigenvalue weighted by Gasteiger charge is 2.63. The number of benzene rings is 1. The molecule has 0 saturated carbocycles. The van der Waals surface area contributed by atoms with Crippen molar-refractivity contribution in [3.63, 3.8) is 0 Å². The molecule has 23 heavy (non-hydrogen) atoms. The second-order valence-corrected chi connectivity index (χ2v) is 6.71. The van der Waals surface area contributed by atoms with E-state index in [1.54, 1.807) is 6.07 Å². The summed E-state index contributed by atoms with van der Waals surface area (Å²) >= 11 is 3.13. The Morgan fingerprint density at radius 1 is 1.43 bits per heavy atom. The number of nitrogens with zero attached hydrogens (tertiary/aromatic N) is 2. The summed E-state index contributed by atoms with van der Waals surface area (Å²) in [5, 5.41) is 14.1. The van der Waals surface area contributed by atoms with Gasteiger partial charge in [0.2, 0.25) is 0 Å². The lowest BCUT2D eigenvalue weighted by Crippen LogP contribution is -2.56. The van der Waals surface area contributed by atoms with E-state index in [0.717, 1.165) is 0 Å². The predicted octanol–water partition coefficient (Wildman–Crippen LogP) is 3.95. The molecule has 2 rings (SSSR count). The maximum Gasteiger partial charge on any atom is 0.438 e. The summed E-state index contributed by atoms with van der Waals surface area (Å²) in [6.07, 6.45) is -5.46. The number of halogens is 4. The molecule has 1 unspecified atom stereocenters. The van der Waals surface area contributed by atoms with E-state index in [4.69, 9.17) is 0 Å². The third-order valence-corrected chi connectivity index (χ3v) is 4.13. The Morgan fingerprint density at radius 3 is 2.57 bits per heavy atom. The second kappa shape index (κ2) is 6.24. The molecule has 4 nitrogen and oxygen atoms in total. The average molecular weight is 393 g/mol. The van der Waals surface area contributed by atoms with E-state index in [0.29, 0.717) is 4.47 Å². The van der Waals surface area contributed by atoms with Gasteiger partial charge in [0, 0.05) is 16.6 Å². The molecule has 1 aliphatic heterocycles. The van der Waals surface area contributed by atoms with Crippen LogP contribution in [0.3, 0.4) is 0 Å². The van der Waals surface area contributed by atoms with Gasteiger partial charge in [-0.1, -0.05) is 26.0 Å². The number of hydrazone groups is 1. The average Bonchev–Trinajstić information content (AvgIpc) is 2.75. The van der Waals surface area contributed by atoms with Gasteiger partial charge in [-0.3, -0.25) is 4.79 Å². The molecular formula is C15H16BrF3N2O2. The van der Waals surface area contributed by atoms with Gasteiger partial charge in [0.25, 0.3) is 11.6 Å². The number of aliphatic hydroxyl groups is 1. The Morgan fingerprint density at radius 2 is 2.04 bits per heavy atom. The maximum atomic E-state index is 13.4. The van der Waals surface area contributed by atoms with Gasteiger partial charge in [0.1, 0.15) is 0 Å². The van der Waals surface area contributed by atoms with Crippen molar-refractivity contribution in [2.24, 2.45) is 11.0 Å². The van der Waals surface area contributed by atoms with Crippen molar-refractivity contribution >= 4 is 27.5 Å². The molecule has 0 spiro atoms. The third-order valence-electron chi connectivity index (χ3n) is 3.44. The number of carbonyl (C=O) groups is 1. The summed E-state index contributed by atoms with van der Waals surface area (Å²) < 4.78 is 40.4. The lowest BCUT2D eigenvalue weighted by Gasteiger charge is -2.32. The first kappa shape index (κ1) is 17.9. The van der Waals surface area contributed by atoms with Crippen LogP contribution in [0.2, 0.25) is 0 Å². The highest BCUT2D eigenvalue weighted by molar-refractivity contribution is 9.10. The van der Waals surface area contributed by atoms with Gasteiger partial charge in [-0.05, 0) is 40.4 Å². The predicted molar refractivity (Wildman–Crippen MR) is 82.8 cm³/mol. The summed E-state index contributed by atoms with van der Waals surface area (Å²) in [7, 11) is 0. The minimum atomic E-state index is -5.01. The quantitative estimate of drug-likeness (QED) is 0.846. The van der Waals surface area contributed by atoms with Gasteiger partial charge in [-0.2, -0.15) is 23.3 Å². The first-order valence-corrected chi connectivity index (χ1v) is 7.80. The van der Waals surface area contributed by atoms with E-state index in [-0.39, 0.29) is 28.6 Å². The Hall–Kier alpha value is -1.41. The Balaban J connectivity index is 2.44. The number of hydrogen-bond acceptors (Lipinski definition) is 3. The van der Waals surface area contributed by atoms with Crippen LogP contribution in [0.15, 0.2) is 33.8 Å². The van der Waals surface area contributed by atoms with E-state index in [9.17, 15) is 23.1 Å². The summed E-state index contributed by atoms with van der Waals surface area (Å²) in [6, 6.07) is 6.07. The molecule has 1 heterocycles. The number of amides is 1. The molecule has 8 heteroatoms. The van der Waals surface area contributed by atoms with Crippen LogP contribution in [0.4, 0.5) is 13.2 Å². The Labute approximate surface area is 140 Å². The first-order valence-electron chi connectivity index (χ1n) is 7.01. The Kier molecular flexibility index (Phi) is 4.86. The Bertz CT molecular complexity index is 646. The van der Waals surface area contributed by atoms with Gasteiger partial charge in [0.05, 0.1) is 5.56 Å². The first-order chi connectivity index (χ1) is 10.6. The third kappa shape index (κ3) is 3.42. The van der Waals surface area contributed by atoms with Crippen molar-refractivity contribution in [1.82, 2.24) is 5.01 Å². The standard InChI is InChI=1S/C15H16BrF3N2O2/c1-9(2)7-10-8-14(23,15(17,18)19)21(20-10)13(22)11-5-3-4-6-12(11)16/h3-6,9,23H,7-8H2,1-2H3. The molecule has 1 aromatic rings. The zero-order chi connectivity index (χ0) is 17.4. The lowest BCUT2D eigenvalue weighted by atomic mass is 9.99. The molecule has 1 aliphatic rings. The van der Waals surface area contributed by atoms with E-state index in [1.807, 2.05) is 13.8 Å². The van der Waals surface area contributed by atoms with Crippen LogP contribution in [0.25, 0.3) is 0 Å². The smallest absolute Gasteiger partial charge is 0.362 e. The van der Waals surface area contributed by atoms with Crippen molar-refractivity contribution in [3.8, 4) is 0 Å². The van der Waals surface area contributed by atoms with Gasteiger partial charge in [0.15, 0.2) is 0 Å². The number of carbonyl (C=O) groups excluding carboxylic acids is 1. The van der Waals surface area contributed by atoms with Gasteiger partial charge in [-0.15, -0.1) is 0 Å². The molecule has 0 fully saturated rings. The summed E-state index contributed by atoms with van der Waals surface area (Å²) in [4.78, 5) is 12.5. The zero-order valence-corrected chi connectivity index (χ0v) is 14.1. The van der Waals surface area contributed by atoms with Crippen LogP contribution in [-0.2, 0) is 0 Å². The largest absolute Gasteiger partial charge is 0.438 e. The summed E-state index contributed by atoms with van der Waals surface area (Å²) in [6.45, 7) is 3.65. The molecule has 0 saturated heterocycles. The number of hydrogen-bond donors (Lipinski definition) is 1. The van der Waals surface area contributed by atoms with E-state index >= 15 is 0 Å². The van der Waals surface area contributed by atoms with Crippen molar-refractivity contribution < 1.29 is 23.1 Å². The highest BCUT2D eigenvalue weighted by atomic mass is 79.9.